The SMILES string of the molecule is CC1(C)CCC[C@@]2(C)c3ccc(O)cc3C(=O)C(=O)[C@@H]12. The first-order valence-corrected chi connectivity index (χ1v) is 7.19. The molecule has 0 spiro atoms. The Morgan fingerprint density at radius 1 is 1.15 bits per heavy atom. The highest BCUT2D eigenvalue weighted by Gasteiger charge is 2.56. The van der Waals surface area contributed by atoms with Gasteiger partial charge < -0.3 is 5.11 Å². The van der Waals surface area contributed by atoms with Gasteiger partial charge in [-0.05, 0) is 36.0 Å². The van der Waals surface area contributed by atoms with Gasteiger partial charge in [0, 0.05) is 16.9 Å². The van der Waals surface area contributed by atoms with E-state index in [9.17, 15) is 14.7 Å². The van der Waals surface area contributed by atoms with Crippen molar-refractivity contribution < 1.29 is 14.7 Å². The number of carbonyl (C=O) groups excluding carboxylic acids is 2. The van der Waals surface area contributed by atoms with Crippen molar-refractivity contribution in [1.29, 1.82) is 0 Å². The van der Waals surface area contributed by atoms with E-state index in [2.05, 4.69) is 20.8 Å². The fourth-order valence-electron chi connectivity index (χ4n) is 4.48. The van der Waals surface area contributed by atoms with Crippen LogP contribution >= 0.6 is 0 Å². The van der Waals surface area contributed by atoms with E-state index >= 15 is 0 Å². The number of aromatic hydroxyl groups is 1. The molecule has 3 nitrogen and oxygen atoms in total. The maximum Gasteiger partial charge on any atom is 0.229 e. The average Bonchev–Trinajstić information content (AvgIpc) is 2.34. The van der Waals surface area contributed by atoms with E-state index in [1.165, 1.54) is 6.07 Å². The molecule has 106 valence electrons. The zero-order valence-corrected chi connectivity index (χ0v) is 12.2. The van der Waals surface area contributed by atoms with Crippen LogP contribution in [0.4, 0.5) is 0 Å². The van der Waals surface area contributed by atoms with E-state index in [-0.39, 0.29) is 28.3 Å². The zero-order chi connectivity index (χ0) is 14.7. The molecule has 2 aliphatic rings. The summed E-state index contributed by atoms with van der Waals surface area (Å²) < 4.78 is 0. The van der Waals surface area contributed by atoms with Gasteiger partial charge in [-0.3, -0.25) is 9.59 Å². The van der Waals surface area contributed by atoms with Crippen molar-refractivity contribution in [3.63, 3.8) is 0 Å². The number of fused-ring (bicyclic) bond motifs is 3. The van der Waals surface area contributed by atoms with E-state index in [4.69, 9.17) is 0 Å². The number of phenols is 1. The number of benzene rings is 1. The molecule has 3 rings (SSSR count). The molecule has 2 aliphatic carbocycles. The van der Waals surface area contributed by atoms with Crippen molar-refractivity contribution in [2.45, 2.75) is 45.4 Å². The molecule has 20 heavy (non-hydrogen) atoms. The molecule has 1 aromatic carbocycles. The predicted octanol–water partition coefficient (Wildman–Crippen LogP) is 3.24. The molecular formula is C17H20O3. The van der Waals surface area contributed by atoms with Crippen LogP contribution in [0, 0.1) is 11.3 Å². The lowest BCUT2D eigenvalue weighted by molar-refractivity contribution is -0.128. The van der Waals surface area contributed by atoms with Crippen LogP contribution in [0.25, 0.3) is 0 Å². The summed E-state index contributed by atoms with van der Waals surface area (Å²) in [4.78, 5) is 25.0. The number of Topliss-reactive ketones (excluding diaryl/α,β-unsaturated/α-hetero) is 2. The van der Waals surface area contributed by atoms with Gasteiger partial charge in [-0.15, -0.1) is 0 Å². The molecule has 0 radical (unpaired) electrons. The van der Waals surface area contributed by atoms with Crippen molar-refractivity contribution in [1.82, 2.24) is 0 Å². The standard InChI is InChI=1S/C17H20O3/c1-16(2)7-4-8-17(3)12-6-5-10(18)9-11(12)13(19)14(20)15(16)17/h5-6,9,15,18H,4,7-8H2,1-3H3/t15-,17-/m0/s1. The molecule has 1 saturated carbocycles. The minimum Gasteiger partial charge on any atom is -0.508 e. The maximum absolute atomic E-state index is 12.6. The van der Waals surface area contributed by atoms with Crippen LogP contribution in [0.3, 0.4) is 0 Å². The Kier molecular flexibility index (Phi) is 2.63. The highest BCUT2D eigenvalue weighted by molar-refractivity contribution is 6.46. The van der Waals surface area contributed by atoms with Gasteiger partial charge in [-0.25, -0.2) is 0 Å². The van der Waals surface area contributed by atoms with Gasteiger partial charge in [0.2, 0.25) is 11.6 Å². The Labute approximate surface area is 119 Å². The molecule has 0 bridgehead atoms. The monoisotopic (exact) mass is 272 g/mol. The fraction of sp³-hybridized carbons (Fsp3) is 0.529. The predicted molar refractivity (Wildman–Crippen MR) is 75.9 cm³/mol. The third-order valence-electron chi connectivity index (χ3n) is 5.28. The van der Waals surface area contributed by atoms with E-state index in [1.807, 2.05) is 6.07 Å². The van der Waals surface area contributed by atoms with Crippen LogP contribution in [-0.2, 0) is 10.2 Å². The van der Waals surface area contributed by atoms with Gasteiger partial charge in [-0.2, -0.15) is 0 Å². The van der Waals surface area contributed by atoms with Crippen LogP contribution in [0.15, 0.2) is 18.2 Å². The fourth-order valence-corrected chi connectivity index (χ4v) is 4.48. The minimum absolute atomic E-state index is 0.0435. The molecular weight excluding hydrogens is 252 g/mol. The summed E-state index contributed by atoms with van der Waals surface area (Å²) in [5.41, 5.74) is 0.870. The van der Waals surface area contributed by atoms with Gasteiger partial charge in [0.15, 0.2) is 0 Å². The second-order valence-corrected chi connectivity index (χ2v) is 7.12. The first-order valence-electron chi connectivity index (χ1n) is 7.19. The number of rotatable bonds is 0. The van der Waals surface area contributed by atoms with Gasteiger partial charge in [0.1, 0.15) is 5.75 Å². The van der Waals surface area contributed by atoms with Crippen LogP contribution in [0.5, 0.6) is 5.75 Å². The quantitative estimate of drug-likeness (QED) is 0.738. The van der Waals surface area contributed by atoms with Crippen molar-refractivity contribution in [3.8, 4) is 5.75 Å². The Balaban J connectivity index is 2.27. The second kappa shape index (κ2) is 3.94. The topological polar surface area (TPSA) is 54.4 Å². The van der Waals surface area contributed by atoms with Gasteiger partial charge in [-0.1, -0.05) is 33.3 Å². The summed E-state index contributed by atoms with van der Waals surface area (Å²) >= 11 is 0. The summed E-state index contributed by atoms with van der Waals surface area (Å²) in [6.45, 7) is 6.27. The Hall–Kier alpha value is -1.64. The summed E-state index contributed by atoms with van der Waals surface area (Å²) in [5, 5.41) is 9.61. The van der Waals surface area contributed by atoms with E-state index < -0.39 is 5.78 Å². The number of hydrogen-bond donors (Lipinski definition) is 1. The lowest BCUT2D eigenvalue weighted by atomic mass is 9.50. The van der Waals surface area contributed by atoms with Crippen LogP contribution in [-0.4, -0.2) is 16.7 Å². The van der Waals surface area contributed by atoms with E-state index in [0.717, 1.165) is 24.8 Å². The number of ketones is 2. The van der Waals surface area contributed by atoms with Crippen molar-refractivity contribution in [2.24, 2.45) is 11.3 Å². The lowest BCUT2D eigenvalue weighted by Crippen LogP contribution is -2.54. The summed E-state index contributed by atoms with van der Waals surface area (Å²) in [7, 11) is 0. The van der Waals surface area contributed by atoms with E-state index in [1.54, 1.807) is 6.07 Å². The van der Waals surface area contributed by atoms with Crippen molar-refractivity contribution >= 4 is 11.6 Å². The molecule has 0 saturated heterocycles. The molecule has 1 fully saturated rings. The highest BCUT2D eigenvalue weighted by atomic mass is 16.3. The van der Waals surface area contributed by atoms with Gasteiger partial charge >= 0.3 is 0 Å². The third kappa shape index (κ3) is 1.58. The van der Waals surface area contributed by atoms with Crippen LogP contribution in [0.1, 0.15) is 56.0 Å². The van der Waals surface area contributed by atoms with Crippen LogP contribution < -0.4 is 0 Å². The first kappa shape index (κ1) is 13.3. The summed E-state index contributed by atoms with van der Waals surface area (Å²) in [5.74, 6) is -0.932. The Bertz CT molecular complexity index is 615. The second-order valence-electron chi connectivity index (χ2n) is 7.12. The molecule has 3 heteroatoms. The number of hydrogen-bond acceptors (Lipinski definition) is 3. The average molecular weight is 272 g/mol. The molecule has 0 aromatic heterocycles. The lowest BCUT2D eigenvalue weighted by Gasteiger charge is -2.52. The Morgan fingerprint density at radius 3 is 2.55 bits per heavy atom. The molecule has 2 atom stereocenters. The largest absolute Gasteiger partial charge is 0.508 e. The molecule has 1 N–H and O–H groups in total. The van der Waals surface area contributed by atoms with Crippen molar-refractivity contribution in [3.05, 3.63) is 29.3 Å². The highest BCUT2D eigenvalue weighted by Crippen LogP contribution is 2.55. The van der Waals surface area contributed by atoms with Crippen molar-refractivity contribution in [2.75, 3.05) is 0 Å². The molecule has 0 amide bonds. The maximum atomic E-state index is 12.6. The molecule has 0 unspecified atom stereocenters. The molecule has 1 aromatic rings. The summed E-state index contributed by atoms with van der Waals surface area (Å²) in [6, 6.07) is 4.88. The van der Waals surface area contributed by atoms with Gasteiger partial charge in [0.25, 0.3) is 0 Å². The molecule has 0 aliphatic heterocycles. The third-order valence-corrected chi connectivity index (χ3v) is 5.28. The number of carbonyl (C=O) groups is 2. The summed E-state index contributed by atoms with van der Waals surface area (Å²) in [6.07, 6.45) is 2.94. The van der Waals surface area contributed by atoms with E-state index in [0.29, 0.717) is 5.56 Å². The smallest absolute Gasteiger partial charge is 0.229 e. The minimum atomic E-state index is -0.437. The number of phenolic OH excluding ortho intramolecular Hbond substituents is 1. The van der Waals surface area contributed by atoms with Gasteiger partial charge in [0.05, 0.1) is 0 Å². The Morgan fingerprint density at radius 2 is 1.85 bits per heavy atom. The zero-order valence-electron chi connectivity index (χ0n) is 12.2. The first-order chi connectivity index (χ1) is 9.27. The molecule has 0 heterocycles. The van der Waals surface area contributed by atoms with Crippen LogP contribution in [0.2, 0.25) is 0 Å². The normalized spacial score (nSPS) is 31.6.